The first kappa shape index (κ1) is 49.9. The molecule has 328 valence electrons. The van der Waals surface area contributed by atoms with E-state index in [9.17, 15) is 34.5 Å². The molecule has 63 heavy (non-hydrogen) atoms. The molecule has 0 bridgehead atoms. The van der Waals surface area contributed by atoms with Gasteiger partial charge in [0.15, 0.2) is 0 Å². The van der Waals surface area contributed by atoms with Crippen LogP contribution in [0.5, 0.6) is 17.2 Å². The Morgan fingerprint density at radius 2 is 0.857 bits per heavy atom. The number of hydrogen-bond donors (Lipinski definition) is 7. The molecule has 0 spiro atoms. The number of benzene rings is 6. The number of aromatic hydroxyl groups is 3. The SMILES string of the molecule is Cc1cc(-c2cccc(/C=C/C(=O)O)c2)cc(C)c1O.Cc1cc(-c2cccc(C=O)c2)cc(C)c1O.Cc1cc(-c2cccc(CCCO)c2)cc(C)c1O.O=C(O)CC(=O)O. The van der Waals surface area contributed by atoms with E-state index in [2.05, 4.69) is 18.2 Å². The zero-order valence-electron chi connectivity index (χ0n) is 36.2. The fourth-order valence-electron chi connectivity index (χ4n) is 6.47. The predicted octanol–water partition coefficient (Wildman–Crippen LogP) is 10.4. The van der Waals surface area contributed by atoms with Crippen LogP contribution in [0.2, 0.25) is 0 Å². The molecule has 0 saturated heterocycles. The summed E-state index contributed by atoms with van der Waals surface area (Å²) >= 11 is 0. The summed E-state index contributed by atoms with van der Waals surface area (Å²) in [6, 6.07) is 35.1. The zero-order chi connectivity index (χ0) is 46.8. The number of carboxylic acid groups (broad SMARTS) is 3. The lowest BCUT2D eigenvalue weighted by Crippen LogP contribution is -2.03. The van der Waals surface area contributed by atoms with Gasteiger partial charge in [0.2, 0.25) is 0 Å². The van der Waals surface area contributed by atoms with Crippen molar-refractivity contribution >= 4 is 30.3 Å². The third-order valence-corrected chi connectivity index (χ3v) is 9.65. The van der Waals surface area contributed by atoms with Gasteiger partial charge in [-0.2, -0.15) is 0 Å². The number of phenols is 3. The molecule has 0 saturated carbocycles. The van der Waals surface area contributed by atoms with Gasteiger partial charge >= 0.3 is 17.9 Å². The van der Waals surface area contributed by atoms with Crippen LogP contribution in [-0.2, 0) is 20.8 Å². The average Bonchev–Trinajstić information content (AvgIpc) is 3.25. The van der Waals surface area contributed by atoms with E-state index in [1.54, 1.807) is 12.1 Å². The summed E-state index contributed by atoms with van der Waals surface area (Å²) in [7, 11) is 0. The molecule has 0 heterocycles. The van der Waals surface area contributed by atoms with Gasteiger partial charge in [0.05, 0.1) is 0 Å². The van der Waals surface area contributed by atoms with Crippen molar-refractivity contribution in [2.24, 2.45) is 0 Å². The molecule has 0 atom stereocenters. The van der Waals surface area contributed by atoms with E-state index >= 15 is 0 Å². The van der Waals surface area contributed by atoms with Crippen molar-refractivity contribution in [1.82, 2.24) is 0 Å². The first-order valence-electron chi connectivity index (χ1n) is 19.9. The summed E-state index contributed by atoms with van der Waals surface area (Å²) < 4.78 is 0. The van der Waals surface area contributed by atoms with Crippen LogP contribution in [0.15, 0.2) is 115 Å². The number of carboxylic acids is 3. The van der Waals surface area contributed by atoms with E-state index in [0.29, 0.717) is 22.8 Å². The van der Waals surface area contributed by atoms with Crippen molar-refractivity contribution in [3.8, 4) is 50.6 Å². The van der Waals surface area contributed by atoms with Gasteiger partial charge in [-0.05, 0) is 187 Å². The van der Waals surface area contributed by atoms with E-state index in [1.807, 2.05) is 126 Å². The van der Waals surface area contributed by atoms with Crippen molar-refractivity contribution in [1.29, 1.82) is 0 Å². The van der Waals surface area contributed by atoms with Crippen molar-refractivity contribution in [2.45, 2.75) is 60.8 Å². The summed E-state index contributed by atoms with van der Waals surface area (Å²) in [6.07, 6.45) is 4.39. The van der Waals surface area contributed by atoms with Gasteiger partial charge in [0, 0.05) is 18.2 Å². The summed E-state index contributed by atoms with van der Waals surface area (Å²) in [5, 5.41) is 62.3. The van der Waals surface area contributed by atoms with E-state index in [0.717, 1.165) is 97.5 Å². The number of phenolic OH excluding ortho intramolecular Hbond substituents is 3. The molecule has 6 aromatic rings. The normalized spacial score (nSPS) is 10.3. The molecule has 11 nitrogen and oxygen atoms in total. The van der Waals surface area contributed by atoms with Crippen molar-refractivity contribution in [2.75, 3.05) is 6.61 Å². The van der Waals surface area contributed by atoms with Gasteiger partial charge in [-0.25, -0.2) is 4.79 Å². The van der Waals surface area contributed by atoms with Gasteiger partial charge in [-0.3, -0.25) is 14.4 Å². The second kappa shape index (κ2) is 24.1. The lowest BCUT2D eigenvalue weighted by molar-refractivity contribution is -0.147. The van der Waals surface area contributed by atoms with E-state index < -0.39 is 24.3 Å². The van der Waals surface area contributed by atoms with Crippen LogP contribution in [-0.4, -0.2) is 66.5 Å². The molecule has 0 aliphatic rings. The maximum Gasteiger partial charge on any atom is 0.328 e. The number of hydrogen-bond acceptors (Lipinski definition) is 8. The molecule has 0 aliphatic carbocycles. The Balaban J connectivity index is 0.000000234. The van der Waals surface area contributed by atoms with Crippen LogP contribution in [0.4, 0.5) is 0 Å². The molecule has 0 aromatic heterocycles. The van der Waals surface area contributed by atoms with Gasteiger partial charge in [0.25, 0.3) is 0 Å². The van der Waals surface area contributed by atoms with Crippen LogP contribution < -0.4 is 0 Å². The zero-order valence-corrected chi connectivity index (χ0v) is 36.2. The second-order valence-corrected chi connectivity index (χ2v) is 14.9. The number of aldehydes is 1. The number of aliphatic hydroxyl groups is 1. The summed E-state index contributed by atoms with van der Waals surface area (Å²) in [4.78, 5) is 40.1. The number of aryl methyl sites for hydroxylation is 7. The second-order valence-electron chi connectivity index (χ2n) is 14.9. The van der Waals surface area contributed by atoms with Crippen LogP contribution in [0.1, 0.15) is 67.7 Å². The molecule has 0 aliphatic heterocycles. The minimum atomic E-state index is -1.31. The molecule has 7 N–H and O–H groups in total. The first-order chi connectivity index (χ1) is 29.8. The van der Waals surface area contributed by atoms with E-state index in [1.165, 1.54) is 5.56 Å². The smallest absolute Gasteiger partial charge is 0.328 e. The Kier molecular flexibility index (Phi) is 19.1. The maximum atomic E-state index is 10.7. The summed E-state index contributed by atoms with van der Waals surface area (Å²) in [6.45, 7) is 11.5. The highest BCUT2D eigenvalue weighted by Gasteiger charge is 2.09. The largest absolute Gasteiger partial charge is 0.507 e. The molecule has 6 rings (SSSR count). The van der Waals surface area contributed by atoms with Crippen molar-refractivity contribution in [3.63, 3.8) is 0 Å². The minimum absolute atomic E-state index is 0.224. The Hall–Kier alpha value is -7.50. The number of aliphatic carboxylic acids is 3. The highest BCUT2D eigenvalue weighted by molar-refractivity contribution is 5.89. The molecule has 0 fully saturated rings. The third kappa shape index (κ3) is 15.8. The number of carbonyl (C=O) groups is 4. The molecule has 0 radical (unpaired) electrons. The topological polar surface area (TPSA) is 210 Å². The maximum absolute atomic E-state index is 10.7. The Bertz CT molecular complexity index is 2510. The highest BCUT2D eigenvalue weighted by Crippen LogP contribution is 2.32. The van der Waals surface area contributed by atoms with Crippen LogP contribution in [0.25, 0.3) is 39.5 Å². The minimum Gasteiger partial charge on any atom is -0.507 e. The molecule has 0 amide bonds. The number of carbonyl (C=O) groups excluding carboxylic acids is 1. The summed E-state index contributed by atoms with van der Waals surface area (Å²) in [5.74, 6) is -2.57. The third-order valence-electron chi connectivity index (χ3n) is 9.65. The molecule has 0 unspecified atom stereocenters. The highest BCUT2D eigenvalue weighted by atomic mass is 16.4. The van der Waals surface area contributed by atoms with E-state index in [-0.39, 0.29) is 6.61 Å². The van der Waals surface area contributed by atoms with Crippen molar-refractivity contribution in [3.05, 3.63) is 165 Å². The van der Waals surface area contributed by atoms with Gasteiger partial charge in [0.1, 0.15) is 30.0 Å². The quantitative estimate of drug-likeness (QED) is 0.0370. The average molecular weight is 855 g/mol. The summed E-state index contributed by atoms with van der Waals surface area (Å²) in [5.41, 5.74) is 14.1. The van der Waals surface area contributed by atoms with Gasteiger partial charge in [-0.15, -0.1) is 0 Å². The van der Waals surface area contributed by atoms with Crippen LogP contribution >= 0.6 is 0 Å². The fraction of sp³-hybridized carbons (Fsp3) is 0.192. The fourth-order valence-corrected chi connectivity index (χ4v) is 6.47. The Morgan fingerprint density at radius 1 is 0.492 bits per heavy atom. The Labute approximate surface area is 367 Å². The standard InChI is InChI=1S/C17H16O3.C17H20O2.C15H14O2.C3H4O4/c1-11-8-15(9-12(2)17(11)20)14-5-3-4-13(10-14)6-7-16(18)19;1-12-9-16(10-13(2)17(12)19)15-7-3-5-14(11-15)6-4-8-18;1-10-6-14(7-11(2)15(10)17)13-5-3-4-12(8-13)9-16;4-2(5)1-3(6)7/h3-10,20H,1-2H3,(H,18,19);3,5,7,9-11,18-19H,4,6,8H2,1-2H3;3-9,17H,1-2H3;1H2,(H,4,5)(H,6,7)/b7-6+;;;. The van der Waals surface area contributed by atoms with Crippen LogP contribution in [0, 0.1) is 41.5 Å². The molecule has 11 heteroatoms. The number of rotatable bonds is 11. The molecular weight excluding hydrogens is 801 g/mol. The monoisotopic (exact) mass is 854 g/mol. The van der Waals surface area contributed by atoms with Gasteiger partial charge in [-0.1, -0.05) is 60.7 Å². The molecule has 6 aromatic carbocycles. The van der Waals surface area contributed by atoms with Crippen molar-refractivity contribution < 1.29 is 54.9 Å². The first-order valence-corrected chi connectivity index (χ1v) is 19.9. The Morgan fingerprint density at radius 3 is 1.21 bits per heavy atom. The molecular formula is C52H54O11. The van der Waals surface area contributed by atoms with Gasteiger partial charge < -0.3 is 35.7 Å². The number of aliphatic hydroxyl groups excluding tert-OH is 1. The predicted molar refractivity (Wildman–Crippen MR) is 246 cm³/mol. The van der Waals surface area contributed by atoms with E-state index in [4.69, 9.17) is 20.4 Å². The lowest BCUT2D eigenvalue weighted by Gasteiger charge is -2.09. The van der Waals surface area contributed by atoms with Crippen LogP contribution in [0.3, 0.4) is 0 Å². The lowest BCUT2D eigenvalue weighted by atomic mass is 9.97.